The van der Waals surface area contributed by atoms with Crippen LogP contribution in [0.2, 0.25) is 0 Å². The van der Waals surface area contributed by atoms with Crippen LogP contribution in [-0.4, -0.2) is 111 Å². The second-order valence-electron chi connectivity index (χ2n) is 14.0. The number of hydrogen-bond acceptors (Lipinski definition) is 15. The molecule has 0 saturated carbocycles. The summed E-state index contributed by atoms with van der Waals surface area (Å²) in [4.78, 5) is 87.0. The van der Waals surface area contributed by atoms with Crippen LogP contribution in [0.3, 0.4) is 0 Å². The van der Waals surface area contributed by atoms with Gasteiger partial charge in [-0.2, -0.15) is 0 Å². The SMILES string of the molecule is CC(=O)OC[C@H]1O[C@H](OCCNC(=O)C[C@H](NC(=O)OCC2c3ccccc3-c3ccccc32)C(=O)OC(C)(C)C)[C@@H](OC(C)=O)[C@@H](OC(C)=O)[C@@H]1OC(C)=O. The van der Waals surface area contributed by atoms with Crippen molar-refractivity contribution in [2.75, 3.05) is 26.4 Å². The summed E-state index contributed by atoms with van der Waals surface area (Å²) in [7, 11) is 0. The minimum absolute atomic E-state index is 0.0241. The zero-order valence-electron chi connectivity index (χ0n) is 32.3. The Bertz CT molecular complexity index is 1730. The van der Waals surface area contributed by atoms with Gasteiger partial charge >= 0.3 is 35.9 Å². The molecule has 0 radical (unpaired) electrons. The molecule has 2 N–H and O–H groups in total. The van der Waals surface area contributed by atoms with E-state index in [1.165, 1.54) is 0 Å². The van der Waals surface area contributed by atoms with Crippen LogP contribution in [0.5, 0.6) is 0 Å². The van der Waals surface area contributed by atoms with Crippen LogP contribution in [0.4, 0.5) is 4.79 Å². The molecule has 6 atom stereocenters. The Kier molecular flexibility index (Phi) is 14.9. The van der Waals surface area contributed by atoms with Crippen LogP contribution in [0, 0.1) is 0 Å². The molecule has 1 aliphatic heterocycles. The Morgan fingerprint density at radius 1 is 0.714 bits per heavy atom. The van der Waals surface area contributed by atoms with Crippen LogP contribution in [0.25, 0.3) is 11.1 Å². The third kappa shape index (κ3) is 12.2. The summed E-state index contributed by atoms with van der Waals surface area (Å²) in [6, 6.07) is 14.2. The van der Waals surface area contributed by atoms with Crippen molar-refractivity contribution >= 4 is 41.8 Å². The molecule has 0 aromatic heterocycles. The van der Waals surface area contributed by atoms with Gasteiger partial charge < -0.3 is 48.5 Å². The molecule has 0 spiro atoms. The van der Waals surface area contributed by atoms with Crippen LogP contribution in [-0.2, 0) is 66.7 Å². The molecular weight excluding hydrogens is 736 g/mol. The van der Waals surface area contributed by atoms with Crippen LogP contribution in [0.1, 0.15) is 71.9 Å². The average Bonchev–Trinajstić information content (AvgIpc) is 3.42. The van der Waals surface area contributed by atoms with Crippen LogP contribution in [0.15, 0.2) is 48.5 Å². The van der Waals surface area contributed by atoms with Gasteiger partial charge in [0.05, 0.1) is 13.0 Å². The molecule has 17 nitrogen and oxygen atoms in total. The number of amides is 2. The zero-order chi connectivity index (χ0) is 41.2. The lowest BCUT2D eigenvalue weighted by Crippen LogP contribution is -2.63. The number of alkyl carbamates (subject to hydrolysis) is 1. The molecule has 0 unspecified atom stereocenters. The smallest absolute Gasteiger partial charge is 0.407 e. The maximum Gasteiger partial charge on any atom is 0.407 e. The van der Waals surface area contributed by atoms with Crippen molar-refractivity contribution in [2.24, 2.45) is 0 Å². The standard InChI is InChI=1S/C39H48N2O15/c1-21(42)50-20-31-33(52-22(2)43)34(53-23(3)44)35(54-24(4)45)37(55-31)49-17-16-40-32(46)18-30(36(47)56-39(5,6)7)41-38(48)51-19-29-27-14-10-8-12-25(27)26-13-9-11-15-28(26)29/h8-15,29-31,33-35,37H,16-20H2,1-7H3,(H,40,46)(H,41,48)/t30-,31+,33+,34-,35-,37-/m0/s1. The number of carbonyl (C=O) groups is 7. The quantitative estimate of drug-likeness (QED) is 0.151. The second-order valence-corrected chi connectivity index (χ2v) is 14.0. The maximum absolute atomic E-state index is 13.2. The molecule has 0 bridgehead atoms. The first kappa shape index (κ1) is 43.2. The largest absolute Gasteiger partial charge is 0.463 e. The highest BCUT2D eigenvalue weighted by Crippen LogP contribution is 2.44. The number of hydrogen-bond donors (Lipinski definition) is 2. The molecule has 2 aromatic rings. The fourth-order valence-corrected chi connectivity index (χ4v) is 6.29. The fourth-order valence-electron chi connectivity index (χ4n) is 6.29. The van der Waals surface area contributed by atoms with E-state index in [2.05, 4.69) is 10.6 Å². The van der Waals surface area contributed by atoms with Gasteiger partial charge in [0, 0.05) is 40.2 Å². The van der Waals surface area contributed by atoms with E-state index in [4.69, 9.17) is 37.9 Å². The summed E-state index contributed by atoms with van der Waals surface area (Å²) in [5, 5.41) is 5.04. The third-order valence-corrected chi connectivity index (χ3v) is 8.37. The molecule has 304 valence electrons. The number of benzene rings is 2. The number of esters is 5. The van der Waals surface area contributed by atoms with Crippen molar-refractivity contribution in [2.45, 2.75) is 103 Å². The number of rotatable bonds is 15. The molecule has 56 heavy (non-hydrogen) atoms. The Morgan fingerprint density at radius 3 is 1.82 bits per heavy atom. The highest BCUT2D eigenvalue weighted by molar-refractivity contribution is 5.88. The normalized spacial score (nSPS) is 20.6. The van der Waals surface area contributed by atoms with Gasteiger partial charge in [-0.1, -0.05) is 48.5 Å². The van der Waals surface area contributed by atoms with Gasteiger partial charge in [-0.05, 0) is 43.0 Å². The summed E-state index contributed by atoms with van der Waals surface area (Å²) in [5.41, 5.74) is 3.13. The van der Waals surface area contributed by atoms with Gasteiger partial charge in [0.15, 0.2) is 24.6 Å². The molecule has 2 amide bonds. The molecule has 1 fully saturated rings. The lowest BCUT2D eigenvalue weighted by Gasteiger charge is -2.44. The van der Waals surface area contributed by atoms with Crippen LogP contribution >= 0.6 is 0 Å². The van der Waals surface area contributed by atoms with E-state index in [1.807, 2.05) is 48.5 Å². The average molecular weight is 785 g/mol. The van der Waals surface area contributed by atoms with Gasteiger partial charge in [-0.15, -0.1) is 0 Å². The Hall–Kier alpha value is -5.55. The minimum atomic E-state index is -1.46. The topological polar surface area (TPSA) is 217 Å². The first-order valence-corrected chi connectivity index (χ1v) is 18.0. The first-order chi connectivity index (χ1) is 26.4. The number of carbonyl (C=O) groups excluding carboxylic acids is 7. The predicted octanol–water partition coefficient (Wildman–Crippen LogP) is 2.84. The van der Waals surface area contributed by atoms with Crippen molar-refractivity contribution in [3.63, 3.8) is 0 Å². The van der Waals surface area contributed by atoms with E-state index in [-0.39, 0.29) is 25.7 Å². The van der Waals surface area contributed by atoms with Crippen molar-refractivity contribution in [1.82, 2.24) is 10.6 Å². The summed E-state index contributed by atoms with van der Waals surface area (Å²) in [6.07, 6.45) is -8.40. The summed E-state index contributed by atoms with van der Waals surface area (Å²) in [5.74, 6) is -4.87. The molecular formula is C39H48N2O15. The first-order valence-electron chi connectivity index (χ1n) is 18.0. The number of ether oxygens (including phenoxy) is 8. The van der Waals surface area contributed by atoms with E-state index in [0.29, 0.717) is 0 Å². The maximum atomic E-state index is 13.2. The van der Waals surface area contributed by atoms with E-state index >= 15 is 0 Å². The summed E-state index contributed by atoms with van der Waals surface area (Å²) in [6.45, 7) is 8.40. The molecule has 2 aliphatic rings. The Labute approximate surface area is 323 Å². The van der Waals surface area contributed by atoms with Gasteiger partial charge in [0.1, 0.15) is 31.0 Å². The van der Waals surface area contributed by atoms with Crippen LogP contribution < -0.4 is 10.6 Å². The monoisotopic (exact) mass is 784 g/mol. The van der Waals surface area contributed by atoms with E-state index in [0.717, 1.165) is 49.9 Å². The van der Waals surface area contributed by atoms with E-state index in [1.54, 1.807) is 20.8 Å². The molecule has 2 aromatic carbocycles. The van der Waals surface area contributed by atoms with Crippen molar-refractivity contribution in [1.29, 1.82) is 0 Å². The van der Waals surface area contributed by atoms with Gasteiger partial charge in [0.2, 0.25) is 5.91 Å². The molecule has 4 rings (SSSR count). The predicted molar refractivity (Wildman–Crippen MR) is 193 cm³/mol. The van der Waals surface area contributed by atoms with Gasteiger partial charge in [-0.3, -0.25) is 24.0 Å². The van der Waals surface area contributed by atoms with E-state index < -0.39 is 97.2 Å². The molecule has 17 heteroatoms. The summed E-state index contributed by atoms with van der Waals surface area (Å²) >= 11 is 0. The Morgan fingerprint density at radius 2 is 1.27 bits per heavy atom. The second kappa shape index (κ2) is 19.4. The zero-order valence-corrected chi connectivity index (χ0v) is 32.3. The molecule has 1 heterocycles. The van der Waals surface area contributed by atoms with E-state index in [9.17, 15) is 33.6 Å². The lowest BCUT2D eigenvalue weighted by molar-refractivity contribution is -0.307. The number of fused-ring (bicyclic) bond motifs is 3. The fraction of sp³-hybridized carbons (Fsp3) is 0.513. The third-order valence-electron chi connectivity index (χ3n) is 8.37. The molecule has 1 saturated heterocycles. The lowest BCUT2D eigenvalue weighted by atomic mass is 9.98. The molecule has 1 aliphatic carbocycles. The van der Waals surface area contributed by atoms with Crippen molar-refractivity contribution < 1.29 is 71.5 Å². The van der Waals surface area contributed by atoms with Crippen molar-refractivity contribution in [3.05, 3.63) is 59.7 Å². The highest BCUT2D eigenvalue weighted by atomic mass is 16.7. The highest BCUT2D eigenvalue weighted by Gasteiger charge is 2.52. The number of nitrogens with one attached hydrogen (secondary N) is 2. The minimum Gasteiger partial charge on any atom is -0.463 e. The van der Waals surface area contributed by atoms with Crippen molar-refractivity contribution in [3.8, 4) is 11.1 Å². The van der Waals surface area contributed by atoms with Gasteiger partial charge in [-0.25, -0.2) is 9.59 Å². The van der Waals surface area contributed by atoms with Gasteiger partial charge in [0.25, 0.3) is 0 Å². The Balaban J connectivity index is 1.39. The summed E-state index contributed by atoms with van der Waals surface area (Å²) < 4.78 is 43.9.